The lowest BCUT2D eigenvalue weighted by Gasteiger charge is -2.45. The zero-order valence-corrected chi connectivity index (χ0v) is 45.0. The monoisotopic (exact) mass is 949 g/mol. The van der Waals surface area contributed by atoms with Crippen LogP contribution in [0.4, 0.5) is 34.1 Å². The molecule has 11 rings (SSSR count). The summed E-state index contributed by atoms with van der Waals surface area (Å²) in [5, 5.41) is 0. The molecule has 2 aliphatic heterocycles. The van der Waals surface area contributed by atoms with E-state index in [0.717, 1.165) is 0 Å². The number of anilines is 6. The predicted octanol–water partition coefficient (Wildman–Crippen LogP) is 17.6. The lowest BCUT2D eigenvalue weighted by atomic mass is 9.33. The first-order valence-corrected chi connectivity index (χ1v) is 26.4. The maximum absolute atomic E-state index is 2.60. The fourth-order valence-corrected chi connectivity index (χ4v) is 11.7. The maximum atomic E-state index is 2.60. The summed E-state index contributed by atoms with van der Waals surface area (Å²) in [7, 11) is 0. The van der Waals surface area contributed by atoms with Crippen LogP contribution in [0.25, 0.3) is 44.5 Å². The Kier molecular flexibility index (Phi) is 11.6. The minimum atomic E-state index is -0.114. The van der Waals surface area contributed by atoms with Gasteiger partial charge in [0.05, 0.1) is 0 Å². The van der Waals surface area contributed by atoms with E-state index in [1.54, 1.807) is 0 Å². The van der Waals surface area contributed by atoms with Gasteiger partial charge in [0, 0.05) is 34.1 Å². The van der Waals surface area contributed by atoms with Crippen molar-refractivity contribution in [2.45, 2.75) is 105 Å². The number of rotatable bonds is 6. The van der Waals surface area contributed by atoms with E-state index in [9.17, 15) is 0 Å². The number of nitrogens with zero attached hydrogens (tertiary/aromatic N) is 2. The standard InChI is InChI=1S/C70H69BN2/c1-67(2,3)50-38-32-46(33-39-50)52-22-13-15-24-54(52)48-36-42-58-64(44-48)72(60-28-19-17-26-56(60)69(7,8)9)62-30-21-31-63-66(62)71(58)59-43-37-49(45-65(59)73(63)61-29-20-18-27-57(61)70(10,11)12)55-25-16-14-23-53(55)47-34-40-51(41-35-47)68(4,5)6/h13-45H,1-12H3. The second-order valence-corrected chi connectivity index (χ2v) is 24.6. The Morgan fingerprint density at radius 3 is 0.945 bits per heavy atom. The highest BCUT2D eigenvalue weighted by atomic mass is 15.2. The van der Waals surface area contributed by atoms with Gasteiger partial charge in [-0.25, -0.2) is 0 Å². The third-order valence-electron chi connectivity index (χ3n) is 15.5. The van der Waals surface area contributed by atoms with Crippen LogP contribution < -0.4 is 26.2 Å². The molecule has 9 aromatic carbocycles. The van der Waals surface area contributed by atoms with Crippen molar-refractivity contribution in [3.05, 3.63) is 222 Å². The zero-order valence-electron chi connectivity index (χ0n) is 45.0. The molecule has 362 valence electrons. The SMILES string of the molecule is CC(C)(C)c1ccc(-c2ccccc2-c2ccc3c(c2)N(c2ccccc2C(C)(C)C)c2cccc4c2B3c2ccc(-c3ccccc3-c3ccc(C(C)(C)C)cc3)cc2N4c2ccccc2C(C)(C)C)cc1. The molecule has 73 heavy (non-hydrogen) atoms. The van der Waals surface area contributed by atoms with Gasteiger partial charge in [-0.2, -0.15) is 0 Å². The number of para-hydroxylation sites is 2. The van der Waals surface area contributed by atoms with Crippen molar-refractivity contribution >= 4 is 57.2 Å². The molecule has 0 bridgehead atoms. The molecule has 0 radical (unpaired) electrons. The summed E-state index contributed by atoms with van der Waals surface area (Å²) in [4.78, 5) is 5.20. The number of fused-ring (bicyclic) bond motifs is 4. The number of hydrogen-bond acceptors (Lipinski definition) is 2. The molecule has 2 heterocycles. The molecule has 0 amide bonds. The molecule has 0 atom stereocenters. The average Bonchev–Trinajstić information content (AvgIpc) is 3.38. The van der Waals surface area contributed by atoms with Gasteiger partial charge in [0.2, 0.25) is 0 Å². The molecule has 2 nitrogen and oxygen atoms in total. The smallest absolute Gasteiger partial charge is 0.252 e. The lowest BCUT2D eigenvalue weighted by Crippen LogP contribution is -2.61. The normalized spacial score (nSPS) is 13.4. The molecule has 0 fully saturated rings. The number of hydrogen-bond donors (Lipinski definition) is 0. The molecule has 0 N–H and O–H groups in total. The zero-order chi connectivity index (χ0) is 51.2. The second-order valence-electron chi connectivity index (χ2n) is 24.6. The van der Waals surface area contributed by atoms with Gasteiger partial charge in [0.1, 0.15) is 0 Å². The minimum Gasteiger partial charge on any atom is -0.311 e. The molecule has 9 aromatic rings. The van der Waals surface area contributed by atoms with Crippen LogP contribution >= 0.6 is 0 Å². The van der Waals surface area contributed by atoms with Crippen LogP contribution in [0.1, 0.15) is 105 Å². The summed E-state index contributed by atoms with van der Waals surface area (Å²) < 4.78 is 0. The minimum absolute atomic E-state index is 0.0317. The highest BCUT2D eigenvalue weighted by Gasteiger charge is 2.44. The fourth-order valence-electron chi connectivity index (χ4n) is 11.7. The molecule has 0 saturated carbocycles. The Balaban J connectivity index is 1.17. The summed E-state index contributed by atoms with van der Waals surface area (Å²) in [6, 6.07) is 76.2. The van der Waals surface area contributed by atoms with E-state index in [2.05, 4.69) is 293 Å². The van der Waals surface area contributed by atoms with Crippen molar-refractivity contribution in [3.8, 4) is 44.5 Å². The van der Waals surface area contributed by atoms with E-state index in [0.29, 0.717) is 0 Å². The molecule has 2 aliphatic rings. The molecule has 0 aromatic heterocycles. The van der Waals surface area contributed by atoms with Crippen molar-refractivity contribution in [3.63, 3.8) is 0 Å². The quantitative estimate of drug-likeness (QED) is 0.153. The summed E-state index contributed by atoms with van der Waals surface area (Å²) in [5.74, 6) is 0. The van der Waals surface area contributed by atoms with Gasteiger partial charge in [0.25, 0.3) is 6.71 Å². The molecular weight excluding hydrogens is 880 g/mol. The summed E-state index contributed by atoms with van der Waals surface area (Å²) in [5.41, 5.74) is 26.2. The summed E-state index contributed by atoms with van der Waals surface area (Å²) >= 11 is 0. The van der Waals surface area contributed by atoms with Crippen LogP contribution in [0.15, 0.2) is 200 Å². The lowest BCUT2D eigenvalue weighted by molar-refractivity contribution is 0.590. The van der Waals surface area contributed by atoms with Crippen LogP contribution in [0, 0.1) is 0 Å². The highest BCUT2D eigenvalue weighted by molar-refractivity contribution is 7.00. The highest BCUT2D eigenvalue weighted by Crippen LogP contribution is 2.50. The van der Waals surface area contributed by atoms with E-state index >= 15 is 0 Å². The second kappa shape index (κ2) is 17.7. The fraction of sp³-hybridized carbons (Fsp3) is 0.229. The van der Waals surface area contributed by atoms with Gasteiger partial charge in [0.15, 0.2) is 0 Å². The Labute approximate surface area is 436 Å². The Hall–Kier alpha value is -7.36. The molecule has 0 saturated heterocycles. The van der Waals surface area contributed by atoms with Crippen molar-refractivity contribution in [2.24, 2.45) is 0 Å². The Morgan fingerprint density at radius 1 is 0.274 bits per heavy atom. The van der Waals surface area contributed by atoms with Crippen LogP contribution in [-0.4, -0.2) is 6.71 Å². The van der Waals surface area contributed by atoms with Gasteiger partial charge < -0.3 is 9.80 Å². The van der Waals surface area contributed by atoms with Crippen LogP contribution in [0.5, 0.6) is 0 Å². The van der Waals surface area contributed by atoms with Crippen molar-refractivity contribution < 1.29 is 0 Å². The van der Waals surface area contributed by atoms with Crippen LogP contribution in [0.3, 0.4) is 0 Å². The van der Waals surface area contributed by atoms with Gasteiger partial charge in [-0.1, -0.05) is 247 Å². The largest absolute Gasteiger partial charge is 0.311 e. The summed E-state index contributed by atoms with van der Waals surface area (Å²) in [6.45, 7) is 27.7. The topological polar surface area (TPSA) is 6.48 Å². The van der Waals surface area contributed by atoms with Crippen molar-refractivity contribution in [1.82, 2.24) is 0 Å². The van der Waals surface area contributed by atoms with Crippen molar-refractivity contribution in [1.29, 1.82) is 0 Å². The molecule has 0 aliphatic carbocycles. The van der Waals surface area contributed by atoms with E-state index in [-0.39, 0.29) is 28.4 Å². The van der Waals surface area contributed by atoms with E-state index in [1.807, 2.05) is 0 Å². The Bertz CT molecular complexity index is 3320. The third kappa shape index (κ3) is 8.51. The van der Waals surface area contributed by atoms with Crippen LogP contribution in [-0.2, 0) is 21.7 Å². The average molecular weight is 949 g/mol. The molecule has 0 spiro atoms. The maximum Gasteiger partial charge on any atom is 0.252 e. The molecule has 0 unspecified atom stereocenters. The van der Waals surface area contributed by atoms with E-state index in [4.69, 9.17) is 0 Å². The first-order chi connectivity index (χ1) is 34.8. The van der Waals surface area contributed by atoms with E-state index < -0.39 is 0 Å². The summed E-state index contributed by atoms with van der Waals surface area (Å²) in [6.07, 6.45) is 0. The van der Waals surface area contributed by atoms with Gasteiger partial charge in [-0.3, -0.25) is 0 Å². The Morgan fingerprint density at radius 2 is 0.589 bits per heavy atom. The first kappa shape index (κ1) is 47.9. The molecule has 3 heteroatoms. The van der Waals surface area contributed by atoms with E-state index in [1.165, 1.54) is 117 Å². The van der Waals surface area contributed by atoms with Gasteiger partial charge in [-0.05, 0) is 141 Å². The molecular formula is C70H69BN2. The van der Waals surface area contributed by atoms with Gasteiger partial charge in [-0.15, -0.1) is 0 Å². The third-order valence-corrected chi connectivity index (χ3v) is 15.5. The van der Waals surface area contributed by atoms with Crippen molar-refractivity contribution in [2.75, 3.05) is 9.80 Å². The first-order valence-electron chi connectivity index (χ1n) is 26.4. The van der Waals surface area contributed by atoms with Crippen LogP contribution in [0.2, 0.25) is 0 Å². The predicted molar refractivity (Wildman–Crippen MR) is 317 cm³/mol. The van der Waals surface area contributed by atoms with Gasteiger partial charge >= 0.3 is 0 Å². The number of benzene rings is 9.